The van der Waals surface area contributed by atoms with Gasteiger partial charge >= 0.3 is 0 Å². The van der Waals surface area contributed by atoms with Crippen LogP contribution in [0.2, 0.25) is 0 Å². The number of aliphatic hydroxyl groups excluding tert-OH is 1. The summed E-state index contributed by atoms with van der Waals surface area (Å²) in [7, 11) is 0. The third kappa shape index (κ3) is 4.99. The van der Waals surface area contributed by atoms with Crippen molar-refractivity contribution in [2.24, 2.45) is 0 Å². The molecule has 0 aliphatic rings. The van der Waals surface area contributed by atoms with Gasteiger partial charge in [0.15, 0.2) is 0 Å². The number of nitrogens with zero attached hydrogens (tertiary/aromatic N) is 2. The highest BCUT2D eigenvalue weighted by Crippen LogP contribution is 2.13. The summed E-state index contributed by atoms with van der Waals surface area (Å²) in [4.78, 5) is 8.42. The number of rotatable bonds is 7. The van der Waals surface area contributed by atoms with Crippen LogP contribution < -0.4 is 10.1 Å². The van der Waals surface area contributed by atoms with Crippen molar-refractivity contribution in [2.45, 2.75) is 39.7 Å². The van der Waals surface area contributed by atoms with E-state index in [1.807, 2.05) is 20.8 Å². The van der Waals surface area contributed by atoms with Gasteiger partial charge < -0.3 is 15.2 Å². The second kappa shape index (κ2) is 7.06. The lowest BCUT2D eigenvalue weighted by Gasteiger charge is -2.10. The van der Waals surface area contributed by atoms with Crippen LogP contribution in [0.3, 0.4) is 0 Å². The number of hydrogen-bond acceptors (Lipinski definition) is 5. The van der Waals surface area contributed by atoms with Crippen LogP contribution in [0.15, 0.2) is 6.07 Å². The van der Waals surface area contributed by atoms with Gasteiger partial charge in [0.05, 0.1) is 12.7 Å². The number of aryl methyl sites for hydroxylation is 1. The Balaban J connectivity index is 2.52. The molecule has 0 aromatic carbocycles. The van der Waals surface area contributed by atoms with Crippen LogP contribution in [0.1, 0.15) is 32.5 Å². The van der Waals surface area contributed by atoms with Gasteiger partial charge in [-0.2, -0.15) is 4.98 Å². The summed E-state index contributed by atoms with van der Waals surface area (Å²) in [5.74, 6) is 2.00. The molecule has 17 heavy (non-hydrogen) atoms. The highest BCUT2D eigenvalue weighted by molar-refractivity contribution is 5.38. The van der Waals surface area contributed by atoms with E-state index in [0.717, 1.165) is 12.2 Å². The lowest BCUT2D eigenvalue weighted by atomic mass is 10.2. The minimum absolute atomic E-state index is 0.253. The second-order valence-corrected chi connectivity index (χ2v) is 3.85. The molecular formula is C12H21N3O2. The molecule has 96 valence electrons. The second-order valence-electron chi connectivity index (χ2n) is 3.85. The zero-order valence-corrected chi connectivity index (χ0v) is 10.7. The van der Waals surface area contributed by atoms with Crippen LogP contribution >= 0.6 is 0 Å². The first kappa shape index (κ1) is 13.7. The van der Waals surface area contributed by atoms with E-state index in [4.69, 9.17) is 4.74 Å². The van der Waals surface area contributed by atoms with E-state index in [9.17, 15) is 5.11 Å². The summed E-state index contributed by atoms with van der Waals surface area (Å²) in [5, 5.41) is 12.6. The molecule has 0 aliphatic carbocycles. The summed E-state index contributed by atoms with van der Waals surface area (Å²) in [6.45, 7) is 6.99. The first-order valence-corrected chi connectivity index (χ1v) is 6.06. The predicted octanol–water partition coefficient (Wildman–Crippen LogP) is 1.76. The number of ether oxygens (including phenoxy) is 1. The molecule has 0 radical (unpaired) electrons. The number of anilines is 1. The smallest absolute Gasteiger partial charge is 0.218 e. The number of aliphatic hydroxyl groups is 1. The molecule has 2 N–H and O–H groups in total. The van der Waals surface area contributed by atoms with Crippen molar-refractivity contribution >= 4 is 5.82 Å². The van der Waals surface area contributed by atoms with Gasteiger partial charge in [0, 0.05) is 12.6 Å². The summed E-state index contributed by atoms with van der Waals surface area (Å²) < 4.78 is 5.34. The normalized spacial score (nSPS) is 12.2. The fraction of sp³-hybridized carbons (Fsp3) is 0.667. The molecule has 0 saturated heterocycles. The van der Waals surface area contributed by atoms with E-state index >= 15 is 0 Å². The monoisotopic (exact) mass is 239 g/mol. The van der Waals surface area contributed by atoms with E-state index in [1.54, 1.807) is 6.07 Å². The minimum Gasteiger partial charge on any atom is -0.478 e. The van der Waals surface area contributed by atoms with E-state index in [1.165, 1.54) is 0 Å². The topological polar surface area (TPSA) is 67.3 Å². The van der Waals surface area contributed by atoms with Crippen molar-refractivity contribution in [3.05, 3.63) is 11.9 Å². The Kier molecular flexibility index (Phi) is 5.69. The molecule has 5 heteroatoms. The largest absolute Gasteiger partial charge is 0.478 e. The van der Waals surface area contributed by atoms with Gasteiger partial charge in [0.25, 0.3) is 0 Å². The molecule has 1 rings (SSSR count). The van der Waals surface area contributed by atoms with Crippen molar-refractivity contribution in [2.75, 3.05) is 18.5 Å². The van der Waals surface area contributed by atoms with Crippen molar-refractivity contribution in [3.8, 4) is 5.88 Å². The maximum absolute atomic E-state index is 9.43. The molecule has 0 fully saturated rings. The maximum Gasteiger partial charge on any atom is 0.218 e. The Morgan fingerprint density at radius 3 is 2.82 bits per heavy atom. The molecule has 1 atom stereocenters. The first-order valence-electron chi connectivity index (χ1n) is 6.06. The highest BCUT2D eigenvalue weighted by atomic mass is 16.5. The average Bonchev–Trinajstić information content (AvgIpc) is 2.28. The SMILES string of the molecule is CCOc1cc(NCCC(O)CC)nc(C)n1. The Bertz CT molecular complexity index is 345. The fourth-order valence-electron chi connectivity index (χ4n) is 1.42. The van der Waals surface area contributed by atoms with Crippen LogP contribution in [0.5, 0.6) is 5.88 Å². The molecule has 0 saturated carbocycles. The van der Waals surface area contributed by atoms with Crippen molar-refractivity contribution < 1.29 is 9.84 Å². The first-order chi connectivity index (χ1) is 8.15. The summed E-state index contributed by atoms with van der Waals surface area (Å²) in [6, 6.07) is 1.77. The van der Waals surface area contributed by atoms with Crippen LogP contribution in [-0.4, -0.2) is 34.3 Å². The van der Waals surface area contributed by atoms with Gasteiger partial charge in [-0.05, 0) is 26.7 Å². The third-order valence-electron chi connectivity index (χ3n) is 2.36. The lowest BCUT2D eigenvalue weighted by molar-refractivity contribution is 0.164. The molecule has 5 nitrogen and oxygen atoms in total. The number of aromatic nitrogens is 2. The molecule has 1 aromatic rings. The van der Waals surface area contributed by atoms with E-state index in [-0.39, 0.29) is 6.10 Å². The van der Waals surface area contributed by atoms with Gasteiger partial charge in [0.1, 0.15) is 11.6 Å². The highest BCUT2D eigenvalue weighted by Gasteiger charge is 2.04. The number of hydrogen-bond donors (Lipinski definition) is 2. The zero-order chi connectivity index (χ0) is 12.7. The Morgan fingerprint density at radius 2 is 2.18 bits per heavy atom. The van der Waals surface area contributed by atoms with E-state index in [0.29, 0.717) is 31.3 Å². The Hall–Kier alpha value is -1.36. The van der Waals surface area contributed by atoms with Gasteiger partial charge in [-0.25, -0.2) is 4.98 Å². The Morgan fingerprint density at radius 1 is 1.41 bits per heavy atom. The molecule has 0 spiro atoms. The summed E-state index contributed by atoms with van der Waals surface area (Å²) >= 11 is 0. The van der Waals surface area contributed by atoms with Gasteiger partial charge in [0.2, 0.25) is 5.88 Å². The zero-order valence-electron chi connectivity index (χ0n) is 10.7. The predicted molar refractivity (Wildman–Crippen MR) is 67.3 cm³/mol. The van der Waals surface area contributed by atoms with Crippen LogP contribution in [0.25, 0.3) is 0 Å². The average molecular weight is 239 g/mol. The molecule has 0 aliphatic heterocycles. The molecule has 0 amide bonds. The molecule has 1 aromatic heterocycles. The van der Waals surface area contributed by atoms with Gasteiger partial charge in [-0.15, -0.1) is 0 Å². The van der Waals surface area contributed by atoms with Crippen LogP contribution in [0, 0.1) is 6.92 Å². The standard InChI is InChI=1S/C12H21N3O2/c1-4-10(16)6-7-13-11-8-12(17-5-2)15-9(3)14-11/h8,10,16H,4-7H2,1-3H3,(H,13,14,15). The minimum atomic E-state index is -0.253. The van der Waals surface area contributed by atoms with Crippen molar-refractivity contribution in [1.29, 1.82) is 0 Å². The summed E-state index contributed by atoms with van der Waals surface area (Å²) in [6.07, 6.45) is 1.23. The lowest BCUT2D eigenvalue weighted by Crippen LogP contribution is -2.13. The third-order valence-corrected chi connectivity index (χ3v) is 2.36. The Labute approximate surface area is 102 Å². The van der Waals surface area contributed by atoms with Gasteiger partial charge in [-0.3, -0.25) is 0 Å². The molecular weight excluding hydrogens is 218 g/mol. The van der Waals surface area contributed by atoms with E-state index in [2.05, 4.69) is 15.3 Å². The maximum atomic E-state index is 9.43. The molecule has 0 bridgehead atoms. The van der Waals surface area contributed by atoms with Crippen LogP contribution in [0.4, 0.5) is 5.82 Å². The van der Waals surface area contributed by atoms with Crippen LogP contribution in [-0.2, 0) is 0 Å². The summed E-state index contributed by atoms with van der Waals surface area (Å²) in [5.41, 5.74) is 0. The van der Waals surface area contributed by atoms with Gasteiger partial charge in [-0.1, -0.05) is 6.92 Å². The van der Waals surface area contributed by atoms with E-state index < -0.39 is 0 Å². The molecule has 1 unspecified atom stereocenters. The van der Waals surface area contributed by atoms with Crippen molar-refractivity contribution in [1.82, 2.24) is 9.97 Å². The quantitative estimate of drug-likeness (QED) is 0.759. The fourth-order valence-corrected chi connectivity index (χ4v) is 1.42. The van der Waals surface area contributed by atoms with Crippen molar-refractivity contribution in [3.63, 3.8) is 0 Å². The number of nitrogens with one attached hydrogen (secondary N) is 1. The molecule has 1 heterocycles.